The Balaban J connectivity index is 2.07. The molecule has 2 rings (SSSR count). The number of rotatable bonds is 6. The van der Waals surface area contributed by atoms with Gasteiger partial charge in [-0.25, -0.2) is 9.48 Å². The first kappa shape index (κ1) is 15.6. The van der Waals surface area contributed by atoms with Gasteiger partial charge in [-0.1, -0.05) is 13.8 Å². The van der Waals surface area contributed by atoms with Crippen molar-refractivity contribution in [3.8, 4) is 5.69 Å². The quantitative estimate of drug-likeness (QED) is 0.820. The Bertz CT molecular complexity index is 637. The highest BCUT2D eigenvalue weighted by molar-refractivity contribution is 5.96. The number of tetrazole rings is 1. The Morgan fingerprint density at radius 3 is 2.45 bits per heavy atom. The number of nitrogens with one attached hydrogen (secondary N) is 1. The largest absolute Gasteiger partial charge is 0.480 e. The molecule has 8 nitrogen and oxygen atoms in total. The number of carbonyl (C=O) groups excluding carboxylic acids is 1. The lowest BCUT2D eigenvalue weighted by molar-refractivity contribution is -0.139. The van der Waals surface area contributed by atoms with Gasteiger partial charge in [0.05, 0.1) is 5.69 Å². The minimum Gasteiger partial charge on any atom is -0.480 e. The van der Waals surface area contributed by atoms with E-state index in [9.17, 15) is 9.59 Å². The number of benzene rings is 1. The maximum atomic E-state index is 12.1. The number of carboxylic acid groups (broad SMARTS) is 1. The van der Waals surface area contributed by atoms with Crippen LogP contribution in [-0.2, 0) is 4.79 Å². The van der Waals surface area contributed by atoms with Crippen molar-refractivity contribution >= 4 is 11.9 Å². The monoisotopic (exact) mass is 303 g/mol. The number of carboxylic acids is 1. The van der Waals surface area contributed by atoms with Crippen molar-refractivity contribution in [2.45, 2.75) is 26.3 Å². The highest BCUT2D eigenvalue weighted by atomic mass is 16.4. The molecule has 0 saturated carbocycles. The number of carbonyl (C=O) groups is 2. The van der Waals surface area contributed by atoms with Gasteiger partial charge in [-0.15, -0.1) is 5.10 Å². The molecular formula is C14H17N5O3. The SMILES string of the molecule is CC(C)CC(NC(=O)c1ccc(-n2cnnn2)cc1)C(=O)O. The minimum absolute atomic E-state index is 0.170. The summed E-state index contributed by atoms with van der Waals surface area (Å²) in [6, 6.07) is 5.67. The van der Waals surface area contributed by atoms with Crippen LogP contribution in [0.15, 0.2) is 30.6 Å². The first-order chi connectivity index (χ1) is 10.5. The Hall–Kier alpha value is -2.77. The smallest absolute Gasteiger partial charge is 0.326 e. The molecule has 1 heterocycles. The standard InChI is InChI=1S/C14H17N5O3/c1-9(2)7-12(14(21)22)16-13(20)10-3-5-11(6-4-10)19-8-15-17-18-19/h3-6,8-9,12H,7H2,1-2H3,(H,16,20)(H,21,22). The lowest BCUT2D eigenvalue weighted by Crippen LogP contribution is -2.41. The van der Waals surface area contributed by atoms with Crippen LogP contribution in [0.25, 0.3) is 5.69 Å². The molecule has 2 aromatic rings. The Morgan fingerprint density at radius 2 is 1.95 bits per heavy atom. The van der Waals surface area contributed by atoms with Gasteiger partial charge >= 0.3 is 5.97 Å². The van der Waals surface area contributed by atoms with Gasteiger partial charge in [0.1, 0.15) is 12.4 Å². The van der Waals surface area contributed by atoms with Crippen LogP contribution in [0.2, 0.25) is 0 Å². The summed E-state index contributed by atoms with van der Waals surface area (Å²) in [6.07, 6.45) is 1.82. The fraction of sp³-hybridized carbons (Fsp3) is 0.357. The van der Waals surface area contributed by atoms with Crippen LogP contribution < -0.4 is 5.32 Å². The van der Waals surface area contributed by atoms with E-state index in [1.807, 2.05) is 13.8 Å². The van der Waals surface area contributed by atoms with Crippen molar-refractivity contribution in [1.82, 2.24) is 25.5 Å². The van der Waals surface area contributed by atoms with Crippen molar-refractivity contribution in [2.75, 3.05) is 0 Å². The van der Waals surface area contributed by atoms with E-state index in [1.54, 1.807) is 24.3 Å². The molecule has 0 bridgehead atoms. The average molecular weight is 303 g/mol. The first-order valence-electron chi connectivity index (χ1n) is 6.84. The van der Waals surface area contributed by atoms with Gasteiger partial charge in [-0.05, 0) is 47.0 Å². The number of hydrogen-bond acceptors (Lipinski definition) is 5. The highest BCUT2D eigenvalue weighted by Gasteiger charge is 2.21. The van der Waals surface area contributed by atoms with Gasteiger partial charge < -0.3 is 10.4 Å². The Morgan fingerprint density at radius 1 is 1.27 bits per heavy atom. The average Bonchev–Trinajstić information content (AvgIpc) is 3.00. The zero-order chi connectivity index (χ0) is 16.1. The first-order valence-corrected chi connectivity index (χ1v) is 6.84. The Kier molecular flexibility index (Phi) is 4.82. The molecule has 0 radical (unpaired) electrons. The predicted molar refractivity (Wildman–Crippen MR) is 77.5 cm³/mol. The topological polar surface area (TPSA) is 110 Å². The molecule has 0 saturated heterocycles. The number of aliphatic carboxylic acids is 1. The second-order valence-electron chi connectivity index (χ2n) is 5.30. The summed E-state index contributed by atoms with van der Waals surface area (Å²) in [6.45, 7) is 3.81. The summed E-state index contributed by atoms with van der Waals surface area (Å²) in [5.74, 6) is -1.28. The van der Waals surface area contributed by atoms with Crippen LogP contribution in [-0.4, -0.2) is 43.2 Å². The summed E-state index contributed by atoms with van der Waals surface area (Å²) < 4.78 is 1.46. The van der Waals surface area contributed by atoms with Crippen LogP contribution in [0.4, 0.5) is 0 Å². The fourth-order valence-corrected chi connectivity index (χ4v) is 1.98. The zero-order valence-electron chi connectivity index (χ0n) is 12.3. The van der Waals surface area contributed by atoms with E-state index >= 15 is 0 Å². The number of nitrogens with zero attached hydrogens (tertiary/aromatic N) is 4. The molecule has 0 fully saturated rings. The van der Waals surface area contributed by atoms with Gasteiger partial charge in [0.25, 0.3) is 5.91 Å². The second kappa shape index (κ2) is 6.79. The summed E-state index contributed by atoms with van der Waals surface area (Å²) in [4.78, 5) is 23.3. The van der Waals surface area contributed by atoms with Gasteiger partial charge in [-0.2, -0.15) is 0 Å². The van der Waals surface area contributed by atoms with Gasteiger partial charge in [0.2, 0.25) is 0 Å². The third-order valence-corrected chi connectivity index (χ3v) is 3.05. The second-order valence-corrected chi connectivity index (χ2v) is 5.30. The molecular weight excluding hydrogens is 286 g/mol. The lowest BCUT2D eigenvalue weighted by atomic mass is 10.0. The molecule has 1 aromatic heterocycles. The molecule has 0 spiro atoms. The minimum atomic E-state index is -1.03. The lowest BCUT2D eigenvalue weighted by Gasteiger charge is -2.16. The van der Waals surface area contributed by atoms with Crippen molar-refractivity contribution in [1.29, 1.82) is 0 Å². The molecule has 1 atom stereocenters. The molecule has 1 amide bonds. The van der Waals surface area contributed by atoms with Crippen molar-refractivity contribution < 1.29 is 14.7 Å². The van der Waals surface area contributed by atoms with E-state index in [4.69, 9.17) is 5.11 Å². The summed E-state index contributed by atoms with van der Waals surface area (Å²) in [7, 11) is 0. The number of hydrogen-bond donors (Lipinski definition) is 2. The summed E-state index contributed by atoms with van der Waals surface area (Å²) >= 11 is 0. The third kappa shape index (κ3) is 3.87. The zero-order valence-corrected chi connectivity index (χ0v) is 12.3. The van der Waals surface area contributed by atoms with E-state index in [-0.39, 0.29) is 5.92 Å². The number of aromatic nitrogens is 4. The molecule has 0 aliphatic heterocycles. The van der Waals surface area contributed by atoms with Crippen LogP contribution in [0.5, 0.6) is 0 Å². The van der Waals surface area contributed by atoms with E-state index < -0.39 is 17.9 Å². The van der Waals surface area contributed by atoms with E-state index in [2.05, 4.69) is 20.8 Å². The maximum absolute atomic E-state index is 12.1. The van der Waals surface area contributed by atoms with Gasteiger partial charge in [0.15, 0.2) is 0 Å². The molecule has 116 valence electrons. The fourth-order valence-electron chi connectivity index (χ4n) is 1.98. The third-order valence-electron chi connectivity index (χ3n) is 3.05. The summed E-state index contributed by atoms with van der Waals surface area (Å²) in [5, 5.41) is 22.5. The normalized spacial score (nSPS) is 12.1. The van der Waals surface area contributed by atoms with Crippen molar-refractivity contribution in [2.24, 2.45) is 5.92 Å². The van der Waals surface area contributed by atoms with Gasteiger partial charge in [-0.3, -0.25) is 4.79 Å². The van der Waals surface area contributed by atoms with Crippen LogP contribution in [0.3, 0.4) is 0 Å². The van der Waals surface area contributed by atoms with Crippen LogP contribution in [0, 0.1) is 5.92 Å². The molecule has 0 aliphatic rings. The number of amides is 1. The van der Waals surface area contributed by atoms with E-state index in [1.165, 1.54) is 11.0 Å². The van der Waals surface area contributed by atoms with E-state index in [0.717, 1.165) is 0 Å². The molecule has 0 aliphatic carbocycles. The van der Waals surface area contributed by atoms with E-state index in [0.29, 0.717) is 17.7 Å². The van der Waals surface area contributed by atoms with Crippen molar-refractivity contribution in [3.05, 3.63) is 36.2 Å². The van der Waals surface area contributed by atoms with Crippen molar-refractivity contribution in [3.63, 3.8) is 0 Å². The molecule has 8 heteroatoms. The molecule has 22 heavy (non-hydrogen) atoms. The maximum Gasteiger partial charge on any atom is 0.326 e. The molecule has 1 aromatic carbocycles. The van der Waals surface area contributed by atoms with Crippen LogP contribution in [0.1, 0.15) is 30.6 Å². The highest BCUT2D eigenvalue weighted by Crippen LogP contribution is 2.10. The summed E-state index contributed by atoms with van der Waals surface area (Å²) in [5.41, 5.74) is 1.09. The predicted octanol–water partition coefficient (Wildman–Crippen LogP) is 0.891. The molecule has 2 N–H and O–H groups in total. The Labute approximate surface area is 127 Å². The van der Waals surface area contributed by atoms with Gasteiger partial charge in [0, 0.05) is 5.56 Å². The van der Waals surface area contributed by atoms with Crippen LogP contribution >= 0.6 is 0 Å². The molecule has 1 unspecified atom stereocenters.